The third-order valence-electron chi connectivity index (χ3n) is 2.53. The van der Waals surface area contributed by atoms with Gasteiger partial charge in [0.05, 0.1) is 10.5 Å². The van der Waals surface area contributed by atoms with Crippen molar-refractivity contribution in [1.29, 1.82) is 0 Å². The summed E-state index contributed by atoms with van der Waals surface area (Å²) in [4.78, 5) is 11.7. The highest BCUT2D eigenvalue weighted by atomic mass is 79.9. The number of imidazole rings is 1. The largest absolute Gasteiger partial charge is 0.506 e. The monoisotopic (exact) mass is 323 g/mol. The summed E-state index contributed by atoms with van der Waals surface area (Å²) >= 11 is 9.23. The molecule has 0 bridgehead atoms. The molecule has 2 aromatic heterocycles. The number of aromatic amines is 1. The molecule has 0 aliphatic rings. The summed E-state index contributed by atoms with van der Waals surface area (Å²) in [5.74, 6) is 0.717. The highest BCUT2D eigenvalue weighted by Gasteiger charge is 2.08. The molecule has 18 heavy (non-hydrogen) atoms. The molecule has 90 valence electrons. The van der Waals surface area contributed by atoms with Crippen LogP contribution in [0.2, 0.25) is 5.02 Å². The van der Waals surface area contributed by atoms with Crippen LogP contribution in [0.3, 0.4) is 0 Å². The lowest BCUT2D eigenvalue weighted by atomic mass is 10.2. The van der Waals surface area contributed by atoms with E-state index in [1.165, 1.54) is 6.07 Å². The molecule has 3 aromatic rings. The average molecular weight is 325 g/mol. The predicted octanol–water partition coefficient (Wildman–Crippen LogP) is 3.75. The fourth-order valence-corrected chi connectivity index (χ4v) is 2.18. The highest BCUT2D eigenvalue weighted by Crippen LogP contribution is 2.29. The number of aromatic nitrogens is 3. The summed E-state index contributed by atoms with van der Waals surface area (Å²) in [6, 6.07) is 6.84. The average Bonchev–Trinajstić information content (AvgIpc) is 2.75. The first kappa shape index (κ1) is 11.5. The molecule has 3 rings (SSSR count). The quantitative estimate of drug-likeness (QED) is 0.716. The Morgan fingerprint density at radius 3 is 2.89 bits per heavy atom. The van der Waals surface area contributed by atoms with Gasteiger partial charge in [-0.05, 0) is 40.2 Å². The van der Waals surface area contributed by atoms with Gasteiger partial charge in [0.25, 0.3) is 0 Å². The minimum Gasteiger partial charge on any atom is -0.506 e. The molecular weight excluding hydrogens is 318 g/mol. The van der Waals surface area contributed by atoms with Gasteiger partial charge < -0.3 is 10.1 Å². The summed E-state index contributed by atoms with van der Waals surface area (Å²) in [6.45, 7) is 0. The van der Waals surface area contributed by atoms with Crippen LogP contribution in [0.1, 0.15) is 0 Å². The van der Waals surface area contributed by atoms with E-state index in [4.69, 9.17) is 11.6 Å². The smallest absolute Gasteiger partial charge is 0.178 e. The van der Waals surface area contributed by atoms with Gasteiger partial charge in [-0.25, -0.2) is 9.97 Å². The zero-order valence-corrected chi connectivity index (χ0v) is 11.3. The lowest BCUT2D eigenvalue weighted by Gasteiger charge is -1.99. The molecular formula is C12H7BrClN3O. The van der Waals surface area contributed by atoms with E-state index in [-0.39, 0.29) is 5.75 Å². The van der Waals surface area contributed by atoms with Crippen molar-refractivity contribution < 1.29 is 5.11 Å². The Hall–Kier alpha value is -1.59. The number of phenols is 1. The Bertz CT molecular complexity index is 741. The first-order valence-electron chi connectivity index (χ1n) is 5.13. The Kier molecular flexibility index (Phi) is 2.72. The van der Waals surface area contributed by atoms with Gasteiger partial charge in [0.1, 0.15) is 11.6 Å². The number of H-pyrrole nitrogens is 1. The van der Waals surface area contributed by atoms with Crippen LogP contribution in [0.15, 0.2) is 34.9 Å². The standard InChI is InChI=1S/C12H7BrClN3O/c13-7-4-9-12(15-5-7)17-11(16-9)6-1-2-10(18)8(14)3-6/h1-5,18H,(H,15,16,17). The van der Waals surface area contributed by atoms with Crippen LogP contribution in [0.4, 0.5) is 0 Å². The second-order valence-electron chi connectivity index (χ2n) is 3.78. The van der Waals surface area contributed by atoms with E-state index in [0.717, 1.165) is 15.6 Å². The summed E-state index contributed by atoms with van der Waals surface area (Å²) in [5.41, 5.74) is 2.27. The van der Waals surface area contributed by atoms with Gasteiger partial charge in [0.15, 0.2) is 5.65 Å². The zero-order chi connectivity index (χ0) is 12.7. The van der Waals surface area contributed by atoms with E-state index in [1.54, 1.807) is 18.3 Å². The molecule has 6 heteroatoms. The molecule has 0 aliphatic carbocycles. The van der Waals surface area contributed by atoms with Gasteiger partial charge in [0.2, 0.25) is 0 Å². The highest BCUT2D eigenvalue weighted by molar-refractivity contribution is 9.10. The van der Waals surface area contributed by atoms with Crippen LogP contribution in [0, 0.1) is 0 Å². The summed E-state index contributed by atoms with van der Waals surface area (Å²) < 4.78 is 0.883. The summed E-state index contributed by atoms with van der Waals surface area (Å²) in [5, 5.41) is 9.68. The SMILES string of the molecule is Oc1ccc(-c2nc3ncc(Br)cc3[nH]2)cc1Cl. The molecule has 4 nitrogen and oxygen atoms in total. The van der Waals surface area contributed by atoms with Gasteiger partial charge in [0, 0.05) is 16.2 Å². The molecule has 2 N–H and O–H groups in total. The molecule has 0 unspecified atom stereocenters. The summed E-state index contributed by atoms with van der Waals surface area (Å²) in [7, 11) is 0. The molecule has 1 aromatic carbocycles. The number of aromatic hydroxyl groups is 1. The second-order valence-corrected chi connectivity index (χ2v) is 5.10. The fraction of sp³-hybridized carbons (Fsp3) is 0. The van der Waals surface area contributed by atoms with Crippen LogP contribution in [-0.4, -0.2) is 20.1 Å². The first-order chi connectivity index (χ1) is 8.63. The van der Waals surface area contributed by atoms with Gasteiger partial charge in [-0.2, -0.15) is 0 Å². The number of halogens is 2. The number of nitrogens with zero attached hydrogens (tertiary/aromatic N) is 2. The predicted molar refractivity (Wildman–Crippen MR) is 73.7 cm³/mol. The topological polar surface area (TPSA) is 61.8 Å². The number of phenolic OH excluding ortho intramolecular Hbond substituents is 1. The van der Waals surface area contributed by atoms with Gasteiger partial charge in [-0.15, -0.1) is 0 Å². The van der Waals surface area contributed by atoms with E-state index >= 15 is 0 Å². The number of nitrogens with one attached hydrogen (secondary N) is 1. The van der Waals surface area contributed by atoms with E-state index < -0.39 is 0 Å². The molecule has 0 saturated carbocycles. The second kappa shape index (κ2) is 4.26. The Balaban J connectivity index is 2.16. The van der Waals surface area contributed by atoms with E-state index in [0.29, 0.717) is 16.5 Å². The fourth-order valence-electron chi connectivity index (χ4n) is 1.67. The van der Waals surface area contributed by atoms with Crippen molar-refractivity contribution in [1.82, 2.24) is 15.0 Å². The number of hydrogen-bond donors (Lipinski definition) is 2. The van der Waals surface area contributed by atoms with Crippen molar-refractivity contribution in [3.63, 3.8) is 0 Å². The Labute approximate surface area is 116 Å². The minimum atomic E-state index is 0.0531. The van der Waals surface area contributed by atoms with Crippen LogP contribution < -0.4 is 0 Å². The van der Waals surface area contributed by atoms with Crippen molar-refractivity contribution in [2.45, 2.75) is 0 Å². The zero-order valence-electron chi connectivity index (χ0n) is 8.98. The lowest BCUT2D eigenvalue weighted by molar-refractivity contribution is 0.475. The Morgan fingerprint density at radius 1 is 1.28 bits per heavy atom. The molecule has 0 spiro atoms. The van der Waals surface area contributed by atoms with Gasteiger partial charge in [-0.1, -0.05) is 11.6 Å². The van der Waals surface area contributed by atoms with Crippen molar-refractivity contribution in [2.75, 3.05) is 0 Å². The van der Waals surface area contributed by atoms with E-state index in [2.05, 4.69) is 30.9 Å². The third kappa shape index (κ3) is 1.95. The van der Waals surface area contributed by atoms with Crippen LogP contribution in [0.5, 0.6) is 5.75 Å². The van der Waals surface area contributed by atoms with Crippen LogP contribution in [-0.2, 0) is 0 Å². The molecule has 0 radical (unpaired) electrons. The molecule has 0 fully saturated rings. The molecule has 0 amide bonds. The third-order valence-corrected chi connectivity index (χ3v) is 3.26. The number of hydrogen-bond acceptors (Lipinski definition) is 3. The number of benzene rings is 1. The van der Waals surface area contributed by atoms with Crippen molar-refractivity contribution in [3.8, 4) is 17.1 Å². The Morgan fingerprint density at radius 2 is 2.11 bits per heavy atom. The van der Waals surface area contributed by atoms with Crippen molar-refractivity contribution in [2.24, 2.45) is 0 Å². The van der Waals surface area contributed by atoms with Crippen molar-refractivity contribution >= 4 is 38.7 Å². The van der Waals surface area contributed by atoms with Crippen molar-refractivity contribution in [3.05, 3.63) is 40.0 Å². The number of rotatable bonds is 1. The van der Waals surface area contributed by atoms with E-state index in [9.17, 15) is 5.11 Å². The maximum absolute atomic E-state index is 9.39. The van der Waals surface area contributed by atoms with Crippen LogP contribution >= 0.6 is 27.5 Å². The maximum Gasteiger partial charge on any atom is 0.178 e. The van der Waals surface area contributed by atoms with E-state index in [1.807, 2.05) is 6.07 Å². The molecule has 0 atom stereocenters. The number of fused-ring (bicyclic) bond motifs is 1. The molecule has 0 aliphatic heterocycles. The molecule has 0 saturated heterocycles. The molecule has 2 heterocycles. The maximum atomic E-state index is 9.39. The van der Waals surface area contributed by atoms with Gasteiger partial charge >= 0.3 is 0 Å². The van der Waals surface area contributed by atoms with Crippen LogP contribution in [0.25, 0.3) is 22.6 Å². The lowest BCUT2D eigenvalue weighted by Crippen LogP contribution is -1.80. The van der Waals surface area contributed by atoms with Gasteiger partial charge in [-0.3, -0.25) is 0 Å². The minimum absolute atomic E-state index is 0.0531. The first-order valence-corrected chi connectivity index (χ1v) is 6.31. The normalized spacial score (nSPS) is 11.0. The number of pyridine rings is 1. The summed E-state index contributed by atoms with van der Waals surface area (Å²) in [6.07, 6.45) is 1.69.